The molecule has 696 valence electrons. The van der Waals surface area contributed by atoms with Gasteiger partial charge in [-0.05, 0) is 371 Å². The van der Waals surface area contributed by atoms with Crippen molar-refractivity contribution < 1.29 is 0 Å². The number of hydrogen-bond acceptors (Lipinski definition) is 24. The lowest BCUT2D eigenvalue weighted by Crippen LogP contribution is -2.32. The van der Waals surface area contributed by atoms with E-state index in [9.17, 15) is 0 Å². The predicted octanol–water partition coefficient (Wildman–Crippen LogP) is 47.6. The van der Waals surface area contributed by atoms with Gasteiger partial charge in [0.1, 0.15) is 0 Å². The Bertz CT molecular complexity index is 7270. The molecule has 0 N–H and O–H groups in total. The van der Waals surface area contributed by atoms with Crippen LogP contribution in [0.25, 0.3) is 245 Å². The molecule has 0 radical (unpaired) electrons. The van der Waals surface area contributed by atoms with Crippen molar-refractivity contribution in [2.24, 2.45) is 0 Å². The summed E-state index contributed by atoms with van der Waals surface area (Å²) in [6.07, 6.45) is 0. The third-order valence-corrected chi connectivity index (χ3v) is 50.9. The predicted molar refractivity (Wildman–Crippen MR) is 664 cm³/mol. The number of hydrogen-bond donors (Lipinski definition) is 0. The molecule has 28 rings (SSSR count). The van der Waals surface area contributed by atoms with Gasteiger partial charge in [-0.3, -0.25) is 0 Å². The Labute approximate surface area is 934 Å². The average Bonchev–Trinajstić information content (AvgIpc) is 1.58. The van der Waals surface area contributed by atoms with Gasteiger partial charge in [-0.2, -0.15) is 0 Å². The van der Waals surface area contributed by atoms with Crippen LogP contribution in [0, 0.1) is 0 Å². The topological polar surface area (TPSA) is 0 Å². The van der Waals surface area contributed by atoms with E-state index in [2.05, 4.69) is 402 Å². The number of thiophene rings is 24. The van der Waals surface area contributed by atoms with Crippen molar-refractivity contribution >= 4 is 272 Å². The molecule has 0 unspecified atom stereocenters. The monoisotopic (exact) mass is 2290 g/mol. The Morgan fingerprint density at radius 2 is 0.221 bits per heavy atom. The lowest BCUT2D eigenvalue weighted by atomic mass is 9.63. The molecule has 28 aromatic rings. The molecule has 145 heavy (non-hydrogen) atoms. The Hall–Kier alpha value is -10.3. The average molecular weight is 2290 g/mol. The minimum atomic E-state index is -1.33. The zero-order valence-electron chi connectivity index (χ0n) is 75.6. The maximum absolute atomic E-state index is 2.70. The highest BCUT2D eigenvalue weighted by molar-refractivity contribution is 7.30. The summed E-state index contributed by atoms with van der Waals surface area (Å²) in [6.45, 7) is 0. The molecule has 0 aliphatic carbocycles. The maximum atomic E-state index is 2.70. The smallest absolute Gasteiger partial charge is 0.0703 e. The normalized spacial score (nSPS) is 11.9. The van der Waals surface area contributed by atoms with Gasteiger partial charge in [-0.1, -0.05) is 97.1 Å². The van der Waals surface area contributed by atoms with E-state index in [1.807, 2.05) is 272 Å². The van der Waals surface area contributed by atoms with Gasteiger partial charge in [-0.25, -0.2) is 0 Å². The Morgan fingerprint density at radius 3 is 0.324 bits per heavy atom. The zero-order chi connectivity index (χ0) is 95.6. The largest absolute Gasteiger partial charge is 0.144 e. The molecule has 0 spiro atoms. The Balaban J connectivity index is 0.847. The molecule has 0 amide bonds. The van der Waals surface area contributed by atoms with Crippen LogP contribution in [0.1, 0.15) is 22.3 Å². The first-order valence-corrected chi connectivity index (χ1v) is 66.7. The Morgan fingerprint density at radius 1 is 0.110 bits per heavy atom. The summed E-state index contributed by atoms with van der Waals surface area (Å²) >= 11 is 44.7. The molecular weight excluding hydrogens is 2220 g/mol. The van der Waals surface area contributed by atoms with Gasteiger partial charge in [-0.15, -0.1) is 272 Å². The molecule has 0 saturated carbocycles. The van der Waals surface area contributed by atoms with Crippen LogP contribution < -0.4 is 0 Å². The second-order valence-electron chi connectivity index (χ2n) is 34.4. The van der Waals surface area contributed by atoms with Crippen molar-refractivity contribution in [3.63, 3.8) is 0 Å². The molecule has 0 saturated heterocycles. The van der Waals surface area contributed by atoms with Crippen LogP contribution in [0.3, 0.4) is 0 Å². The van der Waals surface area contributed by atoms with Gasteiger partial charge in [0.15, 0.2) is 0 Å². The van der Waals surface area contributed by atoms with Gasteiger partial charge < -0.3 is 0 Å². The zero-order valence-corrected chi connectivity index (χ0v) is 95.2. The van der Waals surface area contributed by atoms with E-state index in [4.69, 9.17) is 0 Å². The molecule has 24 heteroatoms. The minimum Gasteiger partial charge on any atom is -0.144 e. The van der Waals surface area contributed by atoms with E-state index in [1.54, 1.807) is 0 Å². The number of benzene rings is 4. The van der Waals surface area contributed by atoms with Gasteiger partial charge in [0, 0.05) is 162 Å². The van der Waals surface area contributed by atoms with Crippen LogP contribution in [-0.4, -0.2) is 0 Å². The Kier molecular flexibility index (Phi) is 25.2. The fourth-order valence-corrected chi connectivity index (χ4v) is 42.1. The van der Waals surface area contributed by atoms with Gasteiger partial charge >= 0.3 is 0 Å². The van der Waals surface area contributed by atoms with E-state index in [0.717, 1.165) is 66.8 Å². The highest BCUT2D eigenvalue weighted by Gasteiger charge is 2.44. The second kappa shape index (κ2) is 39.6. The molecule has 4 aromatic carbocycles. The van der Waals surface area contributed by atoms with E-state index in [1.165, 1.54) is 201 Å². The molecule has 0 fully saturated rings. The van der Waals surface area contributed by atoms with Gasteiger partial charge in [0.2, 0.25) is 0 Å². The van der Waals surface area contributed by atoms with Crippen LogP contribution in [0.5, 0.6) is 0 Å². The summed E-state index contributed by atoms with van der Waals surface area (Å²) < 4.78 is 0. The fourth-order valence-electron chi connectivity index (χ4n) is 19.4. The van der Waals surface area contributed by atoms with Crippen molar-refractivity contribution in [2.75, 3.05) is 0 Å². The lowest BCUT2D eigenvalue weighted by Gasteiger charge is -2.39. The highest BCUT2D eigenvalue weighted by Crippen LogP contribution is 2.62. The summed E-state index contributed by atoms with van der Waals surface area (Å²) in [4.78, 5) is 39.8. The molecule has 0 atom stereocenters. The summed E-state index contributed by atoms with van der Waals surface area (Å²) in [5, 5.41) is 36.0. The molecule has 0 nitrogen and oxygen atoms in total. The molecule has 24 heterocycles. The fraction of sp³-hybridized carbons (Fsp3) is 0.00826. The van der Waals surface area contributed by atoms with E-state index in [0.29, 0.717) is 0 Å². The van der Waals surface area contributed by atoms with Crippen LogP contribution in [0.15, 0.2) is 402 Å². The highest BCUT2D eigenvalue weighted by atomic mass is 32.2. The molecular formula is C121H68S24. The third kappa shape index (κ3) is 17.3. The standard InChI is InChI=1S/C121H68S24/c1-17-89(122-33-1)81-61-105(138-113(81)97-25-9-41-130-97)69-49-70(106-62-82(90-18-2-34-123-90)114(139-106)98-26-10-42-131-98)54-77(53-69)121(78-55-71(107-63-83(91-19-3-35-124-91)115(140-107)99-27-11-43-132-99)50-72(56-78)108-64-84(92-20-4-36-125-92)116(141-108)100-28-12-44-133-100,79-57-73(109-65-85(93-21-5-37-126-93)117(142-109)101-29-13-45-134-101)51-74(58-79)110-66-86(94-22-6-38-127-94)118(143-110)102-30-14-46-135-102)80-59-75(111-67-87(95-23-7-39-128-95)119(144-111)103-31-15-47-136-103)52-76(60-80)112-68-88(96-24-8-40-129-96)120(145-112)104-32-16-48-137-104/h1-68H. The lowest BCUT2D eigenvalue weighted by molar-refractivity contribution is 0.748. The van der Waals surface area contributed by atoms with Crippen molar-refractivity contribution in [1.82, 2.24) is 0 Å². The second-order valence-corrected chi connectivity index (χ2v) is 58.0. The van der Waals surface area contributed by atoms with Crippen molar-refractivity contribution in [1.29, 1.82) is 0 Å². The molecule has 0 bridgehead atoms. The summed E-state index contributed by atoms with van der Waals surface area (Å²) in [5.41, 5.74) is 22.4. The minimum absolute atomic E-state index is 1.14. The van der Waals surface area contributed by atoms with Crippen molar-refractivity contribution in [3.05, 3.63) is 424 Å². The van der Waals surface area contributed by atoms with Crippen LogP contribution in [0.2, 0.25) is 0 Å². The first kappa shape index (κ1) is 92.1. The van der Waals surface area contributed by atoms with E-state index >= 15 is 0 Å². The maximum Gasteiger partial charge on any atom is 0.0703 e. The third-order valence-electron chi connectivity index (χ3n) is 25.8. The van der Waals surface area contributed by atoms with Gasteiger partial charge in [0.25, 0.3) is 0 Å². The summed E-state index contributed by atoms with van der Waals surface area (Å²) in [7, 11) is 0. The van der Waals surface area contributed by atoms with E-state index < -0.39 is 5.41 Å². The van der Waals surface area contributed by atoms with Crippen molar-refractivity contribution in [2.45, 2.75) is 5.41 Å². The first-order valence-electron chi connectivity index (χ1n) is 46.1. The quantitative estimate of drug-likeness (QED) is 0.0429. The van der Waals surface area contributed by atoms with Gasteiger partial charge in [0.05, 0.1) is 44.4 Å². The van der Waals surface area contributed by atoms with Crippen LogP contribution >= 0.6 is 272 Å². The summed E-state index contributed by atoms with van der Waals surface area (Å²) in [5.74, 6) is 0. The van der Waals surface area contributed by atoms with Crippen LogP contribution in [0.4, 0.5) is 0 Å². The SMILES string of the molecule is c1csc(-c2cc(-c3cc(-c4cc(-c5cccs5)c(-c5cccs5)s4)cc(C(c4cc(-c5cc(-c6cccs6)c(-c6cccs6)s5)cc(-c5cc(-c6cccs6)c(-c6cccs6)s5)c4)(c4cc(-c5cc(-c6cccs6)c(-c6cccs6)s5)cc(-c5cc(-c6cccs6)c(-c6cccs6)s5)c4)c4cc(-c5cc(-c6cccs6)c(-c6cccs6)s5)cc(-c5cc(-c6cccs6)c(-c6cccs6)s5)c4)c3)sc2-c2cccs2)c1. The number of rotatable bonds is 28. The van der Waals surface area contributed by atoms with Crippen LogP contribution in [-0.2, 0) is 5.41 Å². The molecule has 0 aliphatic rings. The molecule has 24 aromatic heterocycles. The summed E-state index contributed by atoms with van der Waals surface area (Å²) in [6, 6.07) is 125. The first-order chi connectivity index (χ1) is 71.7. The molecule has 0 aliphatic heterocycles. The van der Waals surface area contributed by atoms with Crippen molar-refractivity contribution in [3.8, 4) is 245 Å². The van der Waals surface area contributed by atoms with E-state index in [-0.39, 0.29) is 0 Å².